The summed E-state index contributed by atoms with van der Waals surface area (Å²) in [6.45, 7) is 3.10. The largest absolute Gasteiger partial charge is 0.358 e. The normalized spacial score (nSPS) is 21.8. The molecule has 1 amide bonds. The molecule has 0 saturated carbocycles. The lowest BCUT2D eigenvalue weighted by Crippen LogP contribution is -2.44. The molecule has 15 heavy (non-hydrogen) atoms. The monoisotopic (exact) mass is 205 g/mol. The zero-order valence-corrected chi connectivity index (χ0v) is 8.85. The van der Waals surface area contributed by atoms with E-state index in [1.54, 1.807) is 4.90 Å². The standard InChI is InChI=1S/C12H15NO2/c1-10-13(12(14)7-8-15-10)9-11-5-3-2-4-6-11/h2-6,10H,7-9H2,1H3. The lowest BCUT2D eigenvalue weighted by Gasteiger charge is -2.33. The van der Waals surface area contributed by atoms with Gasteiger partial charge in [-0.3, -0.25) is 4.79 Å². The molecule has 0 N–H and O–H groups in total. The van der Waals surface area contributed by atoms with Gasteiger partial charge in [0, 0.05) is 6.54 Å². The summed E-state index contributed by atoms with van der Waals surface area (Å²) in [5, 5.41) is 0. The Bertz CT molecular complexity index is 337. The summed E-state index contributed by atoms with van der Waals surface area (Å²) in [4.78, 5) is 13.4. The Labute approximate surface area is 89.7 Å². The molecule has 3 nitrogen and oxygen atoms in total. The van der Waals surface area contributed by atoms with E-state index < -0.39 is 0 Å². The van der Waals surface area contributed by atoms with Crippen molar-refractivity contribution >= 4 is 5.91 Å². The fourth-order valence-electron chi connectivity index (χ4n) is 1.75. The fraction of sp³-hybridized carbons (Fsp3) is 0.417. The predicted octanol–water partition coefficient (Wildman–Crippen LogP) is 1.78. The molecule has 0 radical (unpaired) electrons. The Morgan fingerprint density at radius 3 is 2.80 bits per heavy atom. The molecule has 0 bridgehead atoms. The summed E-state index contributed by atoms with van der Waals surface area (Å²) in [7, 11) is 0. The van der Waals surface area contributed by atoms with Gasteiger partial charge in [0.1, 0.15) is 6.23 Å². The predicted molar refractivity (Wildman–Crippen MR) is 57.0 cm³/mol. The Balaban J connectivity index is 2.07. The number of benzene rings is 1. The van der Waals surface area contributed by atoms with E-state index in [2.05, 4.69) is 0 Å². The second kappa shape index (κ2) is 4.45. The van der Waals surface area contributed by atoms with Gasteiger partial charge < -0.3 is 9.64 Å². The van der Waals surface area contributed by atoms with Gasteiger partial charge in [-0.15, -0.1) is 0 Å². The summed E-state index contributed by atoms with van der Waals surface area (Å²) in [6.07, 6.45) is 0.392. The molecule has 2 rings (SSSR count). The zero-order chi connectivity index (χ0) is 10.7. The number of carbonyl (C=O) groups is 1. The Kier molecular flexibility index (Phi) is 3.02. The van der Waals surface area contributed by atoms with Gasteiger partial charge >= 0.3 is 0 Å². The molecule has 1 fully saturated rings. The van der Waals surface area contributed by atoms with Crippen LogP contribution in [-0.2, 0) is 16.1 Å². The minimum Gasteiger partial charge on any atom is -0.358 e. The van der Waals surface area contributed by atoms with Crippen LogP contribution in [0.5, 0.6) is 0 Å². The van der Waals surface area contributed by atoms with Crippen molar-refractivity contribution in [2.45, 2.75) is 26.1 Å². The topological polar surface area (TPSA) is 29.5 Å². The number of hydrogen-bond acceptors (Lipinski definition) is 2. The van der Waals surface area contributed by atoms with E-state index in [0.29, 0.717) is 19.6 Å². The molecule has 1 atom stereocenters. The van der Waals surface area contributed by atoms with E-state index in [9.17, 15) is 4.79 Å². The summed E-state index contributed by atoms with van der Waals surface area (Å²) < 4.78 is 5.44. The van der Waals surface area contributed by atoms with Crippen LogP contribution < -0.4 is 0 Å². The third kappa shape index (κ3) is 2.36. The highest BCUT2D eigenvalue weighted by Gasteiger charge is 2.24. The molecule has 3 heteroatoms. The van der Waals surface area contributed by atoms with Crippen LogP contribution in [0.25, 0.3) is 0 Å². The molecule has 1 aromatic carbocycles. The number of hydrogen-bond donors (Lipinski definition) is 0. The fourth-order valence-corrected chi connectivity index (χ4v) is 1.75. The minimum absolute atomic E-state index is 0.105. The first kappa shape index (κ1) is 10.2. The molecular weight excluding hydrogens is 190 g/mol. The minimum atomic E-state index is -0.105. The summed E-state index contributed by atoms with van der Waals surface area (Å²) in [5.41, 5.74) is 1.14. The quantitative estimate of drug-likeness (QED) is 0.736. The third-order valence-electron chi connectivity index (χ3n) is 2.63. The lowest BCUT2D eigenvalue weighted by atomic mass is 10.2. The van der Waals surface area contributed by atoms with Gasteiger partial charge in [0.05, 0.1) is 13.0 Å². The maximum absolute atomic E-state index is 11.7. The molecule has 80 valence electrons. The highest BCUT2D eigenvalue weighted by atomic mass is 16.5. The summed E-state index contributed by atoms with van der Waals surface area (Å²) in [6, 6.07) is 9.98. The third-order valence-corrected chi connectivity index (χ3v) is 2.63. The number of carbonyl (C=O) groups excluding carboxylic acids is 1. The highest BCUT2D eigenvalue weighted by molar-refractivity contribution is 5.77. The van der Waals surface area contributed by atoms with E-state index in [1.165, 1.54) is 0 Å². The van der Waals surface area contributed by atoms with Crippen LogP contribution >= 0.6 is 0 Å². The van der Waals surface area contributed by atoms with Gasteiger partial charge in [-0.1, -0.05) is 30.3 Å². The Morgan fingerprint density at radius 1 is 1.40 bits per heavy atom. The van der Waals surface area contributed by atoms with Crippen molar-refractivity contribution in [3.05, 3.63) is 35.9 Å². The van der Waals surface area contributed by atoms with Crippen molar-refractivity contribution in [3.63, 3.8) is 0 Å². The average molecular weight is 205 g/mol. The van der Waals surface area contributed by atoms with Crippen LogP contribution in [0, 0.1) is 0 Å². The van der Waals surface area contributed by atoms with Crippen molar-refractivity contribution in [1.29, 1.82) is 0 Å². The van der Waals surface area contributed by atoms with E-state index in [0.717, 1.165) is 5.56 Å². The first-order chi connectivity index (χ1) is 7.27. The molecule has 0 spiro atoms. The second-order valence-electron chi connectivity index (χ2n) is 3.73. The van der Waals surface area contributed by atoms with Crippen molar-refractivity contribution in [2.75, 3.05) is 6.61 Å². The molecule has 0 aliphatic carbocycles. The number of ether oxygens (including phenoxy) is 1. The van der Waals surface area contributed by atoms with Crippen LogP contribution in [0.15, 0.2) is 30.3 Å². The van der Waals surface area contributed by atoms with Crippen LogP contribution in [0.4, 0.5) is 0 Å². The summed E-state index contributed by atoms with van der Waals surface area (Å²) in [5.74, 6) is 0.178. The molecule has 1 aliphatic rings. The van der Waals surface area contributed by atoms with Crippen LogP contribution in [0.1, 0.15) is 18.9 Å². The van der Waals surface area contributed by atoms with Crippen LogP contribution in [0.3, 0.4) is 0 Å². The molecule has 1 aliphatic heterocycles. The van der Waals surface area contributed by atoms with Gasteiger partial charge in [-0.25, -0.2) is 0 Å². The molecule has 0 aromatic heterocycles. The van der Waals surface area contributed by atoms with Gasteiger partial charge in [0.15, 0.2) is 0 Å². The molecule has 1 heterocycles. The maximum Gasteiger partial charge on any atom is 0.227 e. The maximum atomic E-state index is 11.7. The zero-order valence-electron chi connectivity index (χ0n) is 8.85. The second-order valence-corrected chi connectivity index (χ2v) is 3.73. The average Bonchev–Trinajstić information content (AvgIpc) is 2.25. The van der Waals surface area contributed by atoms with Crippen molar-refractivity contribution < 1.29 is 9.53 Å². The van der Waals surface area contributed by atoms with Gasteiger partial charge in [0.25, 0.3) is 0 Å². The van der Waals surface area contributed by atoms with E-state index in [1.807, 2.05) is 37.3 Å². The van der Waals surface area contributed by atoms with Gasteiger partial charge in [-0.05, 0) is 12.5 Å². The van der Waals surface area contributed by atoms with E-state index in [4.69, 9.17) is 4.74 Å². The van der Waals surface area contributed by atoms with Gasteiger partial charge in [-0.2, -0.15) is 0 Å². The Morgan fingerprint density at radius 2 is 2.13 bits per heavy atom. The van der Waals surface area contributed by atoms with Crippen molar-refractivity contribution in [3.8, 4) is 0 Å². The smallest absolute Gasteiger partial charge is 0.227 e. The van der Waals surface area contributed by atoms with E-state index in [-0.39, 0.29) is 12.1 Å². The lowest BCUT2D eigenvalue weighted by molar-refractivity contribution is -0.159. The number of amides is 1. The first-order valence-electron chi connectivity index (χ1n) is 5.22. The van der Waals surface area contributed by atoms with Crippen LogP contribution in [0.2, 0.25) is 0 Å². The number of rotatable bonds is 2. The first-order valence-corrected chi connectivity index (χ1v) is 5.22. The van der Waals surface area contributed by atoms with Crippen molar-refractivity contribution in [1.82, 2.24) is 4.90 Å². The number of nitrogens with zero attached hydrogens (tertiary/aromatic N) is 1. The Hall–Kier alpha value is -1.35. The molecule has 1 saturated heterocycles. The van der Waals surface area contributed by atoms with Crippen LogP contribution in [-0.4, -0.2) is 23.6 Å². The highest BCUT2D eigenvalue weighted by Crippen LogP contribution is 2.15. The molecular formula is C12H15NO2. The SMILES string of the molecule is CC1OCCC(=O)N1Cc1ccccc1. The van der Waals surface area contributed by atoms with Gasteiger partial charge in [0.2, 0.25) is 5.91 Å². The van der Waals surface area contributed by atoms with Crippen molar-refractivity contribution in [2.24, 2.45) is 0 Å². The van der Waals surface area contributed by atoms with E-state index >= 15 is 0 Å². The molecule has 1 aromatic rings. The molecule has 1 unspecified atom stereocenters. The summed E-state index contributed by atoms with van der Waals surface area (Å²) >= 11 is 0.